The number of hydrogen-bond acceptors (Lipinski definition) is 1. The number of piperidine rings is 1. The topological polar surface area (TPSA) is 3.24 Å². The highest BCUT2D eigenvalue weighted by molar-refractivity contribution is 4.83. The molecular formula is C12H24FN. The quantitative estimate of drug-likeness (QED) is 0.678. The van der Waals surface area contributed by atoms with Gasteiger partial charge >= 0.3 is 0 Å². The standard InChI is InChI=1S/C12H24FN/c1-9(2)12-5-6-14(10(3)4)8-11(12)7-13/h9-12H,5-8H2,1-4H3/t11-,12?/m0/s1. The molecule has 14 heavy (non-hydrogen) atoms. The lowest BCUT2D eigenvalue weighted by atomic mass is 9.78. The number of rotatable bonds is 3. The van der Waals surface area contributed by atoms with Gasteiger partial charge in [0.15, 0.2) is 0 Å². The van der Waals surface area contributed by atoms with Gasteiger partial charge in [-0.2, -0.15) is 0 Å². The monoisotopic (exact) mass is 201 g/mol. The molecule has 1 unspecified atom stereocenters. The first-order valence-corrected chi connectivity index (χ1v) is 5.86. The van der Waals surface area contributed by atoms with Crippen LogP contribution in [0.5, 0.6) is 0 Å². The van der Waals surface area contributed by atoms with E-state index < -0.39 is 0 Å². The molecule has 0 aliphatic carbocycles. The van der Waals surface area contributed by atoms with Crippen molar-refractivity contribution < 1.29 is 4.39 Å². The van der Waals surface area contributed by atoms with Crippen LogP contribution in [0.3, 0.4) is 0 Å². The van der Waals surface area contributed by atoms with Crippen molar-refractivity contribution in [1.29, 1.82) is 0 Å². The summed E-state index contributed by atoms with van der Waals surface area (Å²) in [7, 11) is 0. The molecule has 0 aromatic carbocycles. The summed E-state index contributed by atoms with van der Waals surface area (Å²) in [5.41, 5.74) is 0. The van der Waals surface area contributed by atoms with E-state index in [1.54, 1.807) is 0 Å². The fraction of sp³-hybridized carbons (Fsp3) is 1.00. The van der Waals surface area contributed by atoms with Crippen LogP contribution in [0.2, 0.25) is 0 Å². The van der Waals surface area contributed by atoms with Crippen LogP contribution in [0.15, 0.2) is 0 Å². The maximum atomic E-state index is 12.9. The van der Waals surface area contributed by atoms with Crippen LogP contribution in [0.25, 0.3) is 0 Å². The lowest BCUT2D eigenvalue weighted by molar-refractivity contribution is 0.0568. The second-order valence-electron chi connectivity index (χ2n) is 5.20. The third-order valence-corrected chi connectivity index (χ3v) is 3.61. The lowest BCUT2D eigenvalue weighted by Crippen LogP contribution is -2.45. The van der Waals surface area contributed by atoms with E-state index in [0.29, 0.717) is 17.9 Å². The predicted octanol–water partition coefficient (Wildman–Crippen LogP) is 2.96. The molecule has 1 saturated heterocycles. The molecule has 2 atom stereocenters. The molecule has 1 heterocycles. The van der Waals surface area contributed by atoms with Crippen LogP contribution in [0.1, 0.15) is 34.1 Å². The molecule has 1 fully saturated rings. The van der Waals surface area contributed by atoms with E-state index in [0.717, 1.165) is 13.1 Å². The molecule has 0 spiro atoms. The number of likely N-dealkylation sites (tertiary alicyclic amines) is 1. The highest BCUT2D eigenvalue weighted by Gasteiger charge is 2.31. The van der Waals surface area contributed by atoms with Gasteiger partial charge in [-0.05, 0) is 38.6 Å². The minimum absolute atomic E-state index is 0.147. The zero-order valence-corrected chi connectivity index (χ0v) is 9.96. The maximum Gasteiger partial charge on any atom is 0.0937 e. The van der Waals surface area contributed by atoms with Crippen LogP contribution in [0.4, 0.5) is 4.39 Å². The summed E-state index contributed by atoms with van der Waals surface area (Å²) in [6.45, 7) is 10.8. The van der Waals surface area contributed by atoms with E-state index >= 15 is 0 Å². The van der Waals surface area contributed by atoms with Crippen LogP contribution >= 0.6 is 0 Å². The average Bonchev–Trinajstić information content (AvgIpc) is 2.16. The second-order valence-corrected chi connectivity index (χ2v) is 5.20. The Morgan fingerprint density at radius 3 is 2.36 bits per heavy atom. The zero-order chi connectivity index (χ0) is 10.7. The van der Waals surface area contributed by atoms with Crippen molar-refractivity contribution in [3.05, 3.63) is 0 Å². The Balaban J connectivity index is 2.54. The summed E-state index contributed by atoms with van der Waals surface area (Å²) < 4.78 is 12.9. The number of hydrogen-bond donors (Lipinski definition) is 0. The highest BCUT2D eigenvalue weighted by atomic mass is 19.1. The van der Waals surface area contributed by atoms with E-state index in [2.05, 4.69) is 32.6 Å². The molecule has 0 radical (unpaired) electrons. The average molecular weight is 201 g/mol. The third kappa shape index (κ3) is 2.69. The van der Waals surface area contributed by atoms with Crippen molar-refractivity contribution in [1.82, 2.24) is 4.90 Å². The fourth-order valence-corrected chi connectivity index (χ4v) is 2.59. The first-order valence-electron chi connectivity index (χ1n) is 5.86. The van der Waals surface area contributed by atoms with Gasteiger partial charge in [0.05, 0.1) is 6.67 Å². The highest BCUT2D eigenvalue weighted by Crippen LogP contribution is 2.30. The normalized spacial score (nSPS) is 30.2. The van der Waals surface area contributed by atoms with Gasteiger partial charge in [-0.3, -0.25) is 4.39 Å². The van der Waals surface area contributed by atoms with Crippen molar-refractivity contribution in [3.8, 4) is 0 Å². The second kappa shape index (κ2) is 5.11. The van der Waals surface area contributed by atoms with Crippen molar-refractivity contribution in [2.45, 2.75) is 40.2 Å². The van der Waals surface area contributed by atoms with Gasteiger partial charge in [0.2, 0.25) is 0 Å². The Morgan fingerprint density at radius 1 is 1.29 bits per heavy atom. The molecule has 1 rings (SSSR count). The van der Waals surface area contributed by atoms with Gasteiger partial charge in [-0.1, -0.05) is 13.8 Å². The van der Waals surface area contributed by atoms with Crippen molar-refractivity contribution in [2.75, 3.05) is 19.8 Å². The molecule has 84 valence electrons. The van der Waals surface area contributed by atoms with Gasteiger partial charge in [0.1, 0.15) is 0 Å². The molecule has 1 aliphatic rings. The number of halogens is 1. The first kappa shape index (κ1) is 12.0. The van der Waals surface area contributed by atoms with Gasteiger partial charge < -0.3 is 4.90 Å². The summed E-state index contributed by atoms with van der Waals surface area (Å²) in [6.07, 6.45) is 1.17. The van der Waals surface area contributed by atoms with E-state index in [-0.39, 0.29) is 12.6 Å². The molecule has 0 amide bonds. The van der Waals surface area contributed by atoms with Crippen LogP contribution < -0.4 is 0 Å². The molecule has 0 N–H and O–H groups in total. The van der Waals surface area contributed by atoms with Crippen LogP contribution in [0, 0.1) is 17.8 Å². The zero-order valence-electron chi connectivity index (χ0n) is 9.96. The summed E-state index contributed by atoms with van der Waals surface area (Å²) in [6, 6.07) is 0.567. The summed E-state index contributed by atoms with van der Waals surface area (Å²) in [5.74, 6) is 1.49. The Morgan fingerprint density at radius 2 is 1.93 bits per heavy atom. The Bertz CT molecular complexity index is 168. The van der Waals surface area contributed by atoms with Crippen LogP contribution in [-0.4, -0.2) is 30.7 Å². The van der Waals surface area contributed by atoms with Gasteiger partial charge in [0, 0.05) is 18.5 Å². The van der Waals surface area contributed by atoms with E-state index in [1.807, 2.05) is 0 Å². The Labute approximate surface area is 87.7 Å². The molecule has 0 aromatic rings. The molecule has 1 nitrogen and oxygen atoms in total. The van der Waals surface area contributed by atoms with E-state index in [1.165, 1.54) is 6.42 Å². The van der Waals surface area contributed by atoms with Crippen molar-refractivity contribution in [2.24, 2.45) is 17.8 Å². The largest absolute Gasteiger partial charge is 0.301 e. The molecule has 0 bridgehead atoms. The minimum Gasteiger partial charge on any atom is -0.301 e. The maximum absolute atomic E-state index is 12.9. The molecule has 0 aromatic heterocycles. The lowest BCUT2D eigenvalue weighted by Gasteiger charge is -2.41. The summed E-state index contributed by atoms with van der Waals surface area (Å²) in [5, 5.41) is 0. The smallest absolute Gasteiger partial charge is 0.0937 e. The van der Waals surface area contributed by atoms with Gasteiger partial charge in [-0.25, -0.2) is 0 Å². The third-order valence-electron chi connectivity index (χ3n) is 3.61. The van der Waals surface area contributed by atoms with Crippen molar-refractivity contribution >= 4 is 0 Å². The number of nitrogens with zero attached hydrogens (tertiary/aromatic N) is 1. The minimum atomic E-state index is -0.147. The summed E-state index contributed by atoms with van der Waals surface area (Å²) in [4.78, 5) is 2.41. The number of alkyl halides is 1. The molecule has 0 saturated carbocycles. The van der Waals surface area contributed by atoms with Crippen molar-refractivity contribution in [3.63, 3.8) is 0 Å². The Kier molecular flexibility index (Phi) is 4.36. The summed E-state index contributed by atoms with van der Waals surface area (Å²) >= 11 is 0. The predicted molar refractivity (Wildman–Crippen MR) is 59.1 cm³/mol. The SMILES string of the molecule is CC(C)C1CCN(C(C)C)C[C@@H]1CF. The Hall–Kier alpha value is -0.110. The van der Waals surface area contributed by atoms with Gasteiger partial charge in [0.25, 0.3) is 0 Å². The van der Waals surface area contributed by atoms with Crippen LogP contribution in [-0.2, 0) is 0 Å². The van der Waals surface area contributed by atoms with Gasteiger partial charge in [-0.15, -0.1) is 0 Å². The van der Waals surface area contributed by atoms with E-state index in [9.17, 15) is 4.39 Å². The first-order chi connectivity index (χ1) is 6.56. The molecule has 2 heteroatoms. The molecular weight excluding hydrogens is 177 g/mol. The molecule has 1 aliphatic heterocycles. The van der Waals surface area contributed by atoms with E-state index in [4.69, 9.17) is 0 Å². The fourth-order valence-electron chi connectivity index (χ4n) is 2.59.